The first-order chi connectivity index (χ1) is 26.3. The fourth-order valence-corrected chi connectivity index (χ4v) is 10.4. The molecule has 2 aromatic carbocycles. The first-order valence-corrected chi connectivity index (χ1v) is 20.5. The van der Waals surface area contributed by atoms with Crippen molar-refractivity contribution in [3.05, 3.63) is 76.3 Å². The summed E-state index contributed by atoms with van der Waals surface area (Å²) in [6.07, 6.45) is 4.96. The maximum Gasteiger partial charge on any atom is 0.323 e. The largest absolute Gasteiger partial charge is 0.454 e. The summed E-state index contributed by atoms with van der Waals surface area (Å²) < 4.78 is 18.5. The van der Waals surface area contributed by atoms with Gasteiger partial charge >= 0.3 is 11.9 Å². The molecule has 10 atom stereocenters. The summed E-state index contributed by atoms with van der Waals surface area (Å²) in [6, 6.07) is 14.8. The number of aryl methyl sites for hydroxylation is 1. The van der Waals surface area contributed by atoms with E-state index in [0.717, 1.165) is 70.3 Å². The summed E-state index contributed by atoms with van der Waals surface area (Å²) in [5.41, 5.74) is 0.114. The highest BCUT2D eigenvalue weighted by atomic mass is 35.5. The van der Waals surface area contributed by atoms with Crippen LogP contribution in [-0.2, 0) is 40.7 Å². The number of fused-ring (bicyclic) bond motifs is 4. The molecule has 1 unspecified atom stereocenters. The number of ether oxygens (including phenoxy) is 3. The van der Waals surface area contributed by atoms with Gasteiger partial charge in [0.05, 0.1) is 16.8 Å². The Hall–Kier alpha value is -3.03. The van der Waals surface area contributed by atoms with E-state index in [1.807, 2.05) is 19.9 Å². The number of para-hydroxylation sites is 1. The molecule has 5 aliphatic rings. The zero-order valence-corrected chi connectivity index (χ0v) is 33.5. The van der Waals surface area contributed by atoms with Crippen LogP contribution in [0.3, 0.4) is 0 Å². The molecule has 0 amide bonds. The average Bonchev–Trinajstić information content (AvgIpc) is 3.51. The molecule has 55 heavy (non-hydrogen) atoms. The molecule has 1 saturated carbocycles. The Morgan fingerprint density at radius 1 is 1.05 bits per heavy atom. The highest BCUT2D eigenvalue weighted by Crippen LogP contribution is 2.53. The molecule has 7 rings (SSSR count). The third kappa shape index (κ3) is 7.95. The van der Waals surface area contributed by atoms with Crippen molar-refractivity contribution in [3.8, 4) is 0 Å². The van der Waals surface area contributed by atoms with E-state index < -0.39 is 47.6 Å². The smallest absolute Gasteiger partial charge is 0.323 e. The topological polar surface area (TPSA) is 130 Å². The molecule has 2 aliphatic carbocycles. The van der Waals surface area contributed by atoms with Crippen LogP contribution in [0.5, 0.6) is 0 Å². The van der Waals surface area contributed by atoms with E-state index in [2.05, 4.69) is 47.5 Å². The Bertz CT molecular complexity index is 1720. The second-order valence-corrected chi connectivity index (χ2v) is 17.2. The number of halogens is 1. The van der Waals surface area contributed by atoms with Crippen molar-refractivity contribution < 1.29 is 38.9 Å². The number of anilines is 1. The molecular weight excluding hydrogens is 722 g/mol. The second kappa shape index (κ2) is 16.4. The number of esters is 2. The molecule has 3 N–H and O–H groups in total. The summed E-state index contributed by atoms with van der Waals surface area (Å²) in [5, 5.41) is 29.9. The monoisotopic (exact) mass is 779 g/mol. The van der Waals surface area contributed by atoms with E-state index in [9.17, 15) is 19.8 Å². The van der Waals surface area contributed by atoms with Crippen LogP contribution in [0.1, 0.15) is 77.3 Å². The summed E-state index contributed by atoms with van der Waals surface area (Å²) in [6.45, 7) is 11.1. The molecule has 0 bridgehead atoms. The number of hydrogen-bond acceptors (Lipinski definition) is 11. The molecule has 2 saturated heterocycles. The Labute approximate surface area is 330 Å². The lowest BCUT2D eigenvalue weighted by atomic mass is 9.55. The molecule has 11 nitrogen and oxygen atoms in total. The van der Waals surface area contributed by atoms with Crippen molar-refractivity contribution in [3.63, 3.8) is 0 Å². The van der Waals surface area contributed by atoms with Gasteiger partial charge in [0.1, 0.15) is 17.2 Å². The van der Waals surface area contributed by atoms with Crippen LogP contribution in [0, 0.1) is 23.7 Å². The fourth-order valence-electron chi connectivity index (χ4n) is 10.1. The number of carbonyl (C=O) groups excluding carboxylic acids is 2. The lowest BCUT2D eigenvalue weighted by molar-refractivity contribution is -0.225. The maximum atomic E-state index is 14.2. The highest BCUT2D eigenvalue weighted by molar-refractivity contribution is 6.33. The van der Waals surface area contributed by atoms with Gasteiger partial charge in [-0.1, -0.05) is 74.0 Å². The minimum atomic E-state index is -1.56. The normalized spacial score (nSPS) is 34.2. The van der Waals surface area contributed by atoms with E-state index in [1.165, 1.54) is 17.6 Å². The van der Waals surface area contributed by atoms with Crippen molar-refractivity contribution >= 4 is 29.2 Å². The van der Waals surface area contributed by atoms with Gasteiger partial charge in [0.2, 0.25) is 0 Å². The molecule has 3 heterocycles. The number of benzene rings is 2. The number of nitrogens with one attached hydrogen (secondary N) is 1. The fraction of sp³-hybridized carbons (Fsp3) is 0.628. The SMILES string of the molecule is CC(=O)O[C@@H]1C(C)=C[C@@H]2[C@H](C(C)CN3CCC(OCCCc4ccccc4)CC3)CC[C@@H](C)[C@]2(O)[C@H]1OC(=O)[C@@H]1C[C@@]2(O)c3cccc(Cl)c3N(C)O[C@H]2N1. The number of piperidine rings is 1. The number of aliphatic hydroxyl groups is 2. The Morgan fingerprint density at radius 3 is 2.53 bits per heavy atom. The van der Waals surface area contributed by atoms with Crippen molar-refractivity contribution in [2.45, 2.75) is 114 Å². The Balaban J connectivity index is 1.02. The third-order valence-corrected chi connectivity index (χ3v) is 13.4. The first-order valence-electron chi connectivity index (χ1n) is 20.1. The molecular formula is C43H58ClN3O8. The Morgan fingerprint density at radius 2 is 1.80 bits per heavy atom. The van der Waals surface area contributed by atoms with Crippen LogP contribution in [0.4, 0.5) is 5.69 Å². The van der Waals surface area contributed by atoms with Crippen molar-refractivity contribution in [1.29, 1.82) is 0 Å². The Kier molecular flexibility index (Phi) is 12.0. The van der Waals surface area contributed by atoms with Gasteiger partial charge in [0.25, 0.3) is 0 Å². The summed E-state index contributed by atoms with van der Waals surface area (Å²) in [7, 11) is 1.70. The van der Waals surface area contributed by atoms with Crippen LogP contribution < -0.4 is 10.4 Å². The van der Waals surface area contributed by atoms with Crippen LogP contribution in [0.2, 0.25) is 5.02 Å². The van der Waals surface area contributed by atoms with E-state index >= 15 is 0 Å². The molecule has 0 aromatic heterocycles. The average molecular weight is 780 g/mol. The zero-order chi connectivity index (χ0) is 39.1. The second-order valence-electron chi connectivity index (χ2n) is 16.8. The van der Waals surface area contributed by atoms with Gasteiger partial charge < -0.3 is 29.3 Å². The quantitative estimate of drug-likeness (QED) is 0.151. The van der Waals surface area contributed by atoms with E-state index in [-0.39, 0.29) is 36.2 Å². The summed E-state index contributed by atoms with van der Waals surface area (Å²) in [5.74, 6) is -1.40. The number of hydrogen-bond donors (Lipinski definition) is 3. The first kappa shape index (κ1) is 40.2. The van der Waals surface area contributed by atoms with Gasteiger partial charge in [0, 0.05) is 58.1 Å². The molecule has 12 heteroatoms. The lowest BCUT2D eigenvalue weighted by Crippen LogP contribution is -2.66. The molecule has 0 spiro atoms. The molecule has 300 valence electrons. The van der Waals surface area contributed by atoms with Gasteiger partial charge in [-0.25, -0.2) is 0 Å². The van der Waals surface area contributed by atoms with Gasteiger partial charge in [0.15, 0.2) is 18.4 Å². The molecule has 2 aromatic rings. The van der Waals surface area contributed by atoms with Crippen LogP contribution in [0.15, 0.2) is 60.2 Å². The number of likely N-dealkylation sites (tertiary alicyclic amines) is 1. The van der Waals surface area contributed by atoms with Gasteiger partial charge in [-0.05, 0) is 80.4 Å². The third-order valence-electron chi connectivity index (χ3n) is 13.1. The maximum absolute atomic E-state index is 14.2. The molecule has 3 fully saturated rings. The predicted octanol–water partition coefficient (Wildman–Crippen LogP) is 5.54. The van der Waals surface area contributed by atoms with Crippen LogP contribution in [-0.4, -0.2) is 96.5 Å². The lowest BCUT2D eigenvalue weighted by Gasteiger charge is -2.56. The van der Waals surface area contributed by atoms with Crippen molar-refractivity contribution in [1.82, 2.24) is 10.2 Å². The van der Waals surface area contributed by atoms with Gasteiger partial charge in [-0.3, -0.25) is 24.8 Å². The molecule has 3 aliphatic heterocycles. The van der Waals surface area contributed by atoms with Crippen molar-refractivity contribution in [2.75, 3.05) is 38.4 Å². The van der Waals surface area contributed by atoms with Gasteiger partial charge in [-0.2, -0.15) is 0 Å². The number of nitrogens with zero attached hydrogens (tertiary/aromatic N) is 2. The van der Waals surface area contributed by atoms with Crippen LogP contribution in [0.25, 0.3) is 0 Å². The van der Waals surface area contributed by atoms with Crippen molar-refractivity contribution in [2.24, 2.45) is 23.7 Å². The molecule has 0 radical (unpaired) electrons. The van der Waals surface area contributed by atoms with Crippen LogP contribution >= 0.6 is 11.6 Å². The standard InChI is InChI=1S/C43H58ClN3O8/c1-26-23-34-32(27(2)25-47-20-18-31(19-21-47)52-22-10-13-30-11-7-6-8-12-30)17-16-28(3)43(34,51)39(38(26)53-29(4)48)54-40(49)36-24-42(50)33-14-9-15-35(44)37(33)46(5)55-41(42)45-36/h6-9,11-12,14-15,23,27-28,31-32,34,36,38-39,41,45,50-51H,10,13,16-22,24-25H2,1-5H3/t27?,28-,32+,34-,36+,38-,39+,41-,42-,43-/m1/s1. The summed E-state index contributed by atoms with van der Waals surface area (Å²) in [4.78, 5) is 35.2. The highest BCUT2D eigenvalue weighted by Gasteiger charge is 2.62. The number of hydroxylamine groups is 1. The van der Waals surface area contributed by atoms with Gasteiger partial charge in [-0.15, -0.1) is 0 Å². The number of carbonyl (C=O) groups is 2. The predicted molar refractivity (Wildman–Crippen MR) is 209 cm³/mol. The zero-order valence-electron chi connectivity index (χ0n) is 32.8. The van der Waals surface area contributed by atoms with E-state index in [1.54, 1.807) is 25.2 Å². The summed E-state index contributed by atoms with van der Waals surface area (Å²) >= 11 is 6.49. The minimum Gasteiger partial charge on any atom is -0.454 e. The number of rotatable bonds is 11. The minimum absolute atomic E-state index is 0.0378. The van der Waals surface area contributed by atoms with E-state index in [0.29, 0.717) is 16.3 Å². The van der Waals surface area contributed by atoms with E-state index in [4.69, 9.17) is 30.6 Å².